The molecule has 0 amide bonds. The van der Waals surface area contributed by atoms with Crippen molar-refractivity contribution in [3.05, 3.63) is 29.8 Å². The molecular weight excluding hydrogens is 300 g/mol. The predicted octanol–water partition coefficient (Wildman–Crippen LogP) is 3.42. The van der Waals surface area contributed by atoms with Crippen molar-refractivity contribution in [1.29, 1.82) is 0 Å². The minimum atomic E-state index is -3.35. The van der Waals surface area contributed by atoms with Crippen LogP contribution in [0.5, 0.6) is 0 Å². The molecule has 0 aromatic heterocycles. The van der Waals surface area contributed by atoms with Crippen LogP contribution in [0, 0.1) is 6.92 Å². The van der Waals surface area contributed by atoms with Gasteiger partial charge in [-0.05, 0) is 44.7 Å². The van der Waals surface area contributed by atoms with Gasteiger partial charge in [0.05, 0.1) is 10.1 Å². The molecule has 22 heavy (non-hydrogen) atoms. The molecule has 1 fully saturated rings. The van der Waals surface area contributed by atoms with E-state index in [9.17, 15) is 13.2 Å². The van der Waals surface area contributed by atoms with E-state index in [1.165, 1.54) is 0 Å². The number of ether oxygens (including phenoxy) is 1. The third-order valence-corrected chi connectivity index (χ3v) is 6.35. The number of carbonyl (C=O) groups is 1. The van der Waals surface area contributed by atoms with Gasteiger partial charge in [0.25, 0.3) is 0 Å². The number of hydrogen-bond acceptors (Lipinski definition) is 4. The summed E-state index contributed by atoms with van der Waals surface area (Å²) in [5.41, 5.74) is 1.04. The van der Waals surface area contributed by atoms with Gasteiger partial charge in [-0.15, -0.1) is 0 Å². The molecule has 2 rings (SSSR count). The average Bonchev–Trinajstić information content (AvgIpc) is 2.48. The number of aryl methyl sites for hydroxylation is 1. The van der Waals surface area contributed by atoms with Gasteiger partial charge in [-0.25, -0.2) is 8.42 Å². The number of esters is 1. The highest BCUT2D eigenvalue weighted by Crippen LogP contribution is 2.30. The van der Waals surface area contributed by atoms with Crippen molar-refractivity contribution in [3.8, 4) is 0 Å². The Morgan fingerprint density at radius 2 is 1.91 bits per heavy atom. The molecule has 1 saturated carbocycles. The van der Waals surface area contributed by atoms with Crippen molar-refractivity contribution in [1.82, 2.24) is 0 Å². The Kier molecular flexibility index (Phi) is 5.62. The standard InChI is InChI=1S/C17H24O4S/c1-3-5-17(18)21-14-6-4-7-16(12-14)22(19,20)15-10-8-13(2)9-11-15/h8-11,14,16H,3-7,12H2,1-2H3/t14-,16+/m1/s1. The van der Waals surface area contributed by atoms with Crippen LogP contribution < -0.4 is 0 Å². The molecule has 1 aliphatic carbocycles. The molecule has 0 spiro atoms. The van der Waals surface area contributed by atoms with E-state index in [1.54, 1.807) is 12.1 Å². The number of hydrogen-bond donors (Lipinski definition) is 0. The lowest BCUT2D eigenvalue weighted by Gasteiger charge is -2.28. The molecule has 4 nitrogen and oxygen atoms in total. The quantitative estimate of drug-likeness (QED) is 0.779. The van der Waals surface area contributed by atoms with Crippen molar-refractivity contribution in [2.45, 2.75) is 68.6 Å². The first-order valence-corrected chi connectivity index (χ1v) is 9.48. The predicted molar refractivity (Wildman–Crippen MR) is 85.4 cm³/mol. The van der Waals surface area contributed by atoms with Gasteiger partial charge in [-0.1, -0.05) is 24.6 Å². The van der Waals surface area contributed by atoms with E-state index in [0.717, 1.165) is 24.8 Å². The first kappa shape index (κ1) is 17.0. The number of rotatable bonds is 5. The van der Waals surface area contributed by atoms with E-state index in [2.05, 4.69) is 0 Å². The summed E-state index contributed by atoms with van der Waals surface area (Å²) in [7, 11) is -3.35. The largest absolute Gasteiger partial charge is 0.462 e. The van der Waals surface area contributed by atoms with Crippen molar-refractivity contribution in [2.75, 3.05) is 0 Å². The van der Waals surface area contributed by atoms with Crippen LogP contribution in [0.25, 0.3) is 0 Å². The monoisotopic (exact) mass is 324 g/mol. The van der Waals surface area contributed by atoms with Crippen LogP contribution in [0.15, 0.2) is 29.2 Å². The normalized spacial score (nSPS) is 22.3. The Bertz CT molecular complexity index is 604. The molecule has 0 N–H and O–H groups in total. The molecule has 0 bridgehead atoms. The van der Waals surface area contributed by atoms with Gasteiger partial charge in [0.15, 0.2) is 9.84 Å². The smallest absolute Gasteiger partial charge is 0.306 e. The molecule has 0 unspecified atom stereocenters. The van der Waals surface area contributed by atoms with Gasteiger partial charge in [0, 0.05) is 12.8 Å². The fourth-order valence-corrected chi connectivity index (χ4v) is 4.71. The maximum Gasteiger partial charge on any atom is 0.306 e. The molecule has 0 radical (unpaired) electrons. The lowest BCUT2D eigenvalue weighted by atomic mass is 9.97. The van der Waals surface area contributed by atoms with Gasteiger partial charge in [-0.3, -0.25) is 4.79 Å². The first-order valence-electron chi connectivity index (χ1n) is 7.93. The van der Waals surface area contributed by atoms with E-state index in [-0.39, 0.29) is 12.1 Å². The molecule has 2 atom stereocenters. The van der Waals surface area contributed by atoms with Gasteiger partial charge < -0.3 is 4.74 Å². The maximum absolute atomic E-state index is 12.7. The summed E-state index contributed by atoms with van der Waals surface area (Å²) in [5.74, 6) is -0.221. The molecule has 0 saturated heterocycles. The first-order chi connectivity index (χ1) is 10.4. The second kappa shape index (κ2) is 7.27. The van der Waals surface area contributed by atoms with Crippen molar-refractivity contribution in [2.24, 2.45) is 0 Å². The van der Waals surface area contributed by atoms with Crippen LogP contribution in [-0.4, -0.2) is 25.7 Å². The van der Waals surface area contributed by atoms with Crippen molar-refractivity contribution < 1.29 is 17.9 Å². The highest BCUT2D eigenvalue weighted by Gasteiger charge is 2.34. The zero-order chi connectivity index (χ0) is 16.2. The Labute approximate surface area is 132 Å². The van der Waals surface area contributed by atoms with Gasteiger partial charge in [0.1, 0.15) is 6.10 Å². The maximum atomic E-state index is 12.7. The topological polar surface area (TPSA) is 60.4 Å². The summed E-state index contributed by atoms with van der Waals surface area (Å²) in [6.07, 6.45) is 3.46. The van der Waals surface area contributed by atoms with E-state index in [0.29, 0.717) is 24.2 Å². The Balaban J connectivity index is 2.07. The molecule has 5 heteroatoms. The van der Waals surface area contributed by atoms with Gasteiger partial charge >= 0.3 is 5.97 Å². The SMILES string of the molecule is CCCC(=O)O[C@@H]1CCC[C@H](S(=O)(=O)c2ccc(C)cc2)C1. The molecule has 122 valence electrons. The number of sulfone groups is 1. The minimum Gasteiger partial charge on any atom is -0.462 e. The summed E-state index contributed by atoms with van der Waals surface area (Å²) in [6.45, 7) is 3.85. The fourth-order valence-electron chi connectivity index (χ4n) is 2.86. The number of benzene rings is 1. The molecule has 1 aliphatic rings. The average molecular weight is 324 g/mol. The zero-order valence-electron chi connectivity index (χ0n) is 13.2. The van der Waals surface area contributed by atoms with Crippen LogP contribution in [0.2, 0.25) is 0 Å². The highest BCUT2D eigenvalue weighted by molar-refractivity contribution is 7.92. The van der Waals surface area contributed by atoms with E-state index < -0.39 is 15.1 Å². The molecule has 1 aromatic carbocycles. The zero-order valence-corrected chi connectivity index (χ0v) is 14.1. The van der Waals surface area contributed by atoms with Crippen LogP contribution in [0.1, 0.15) is 51.0 Å². The van der Waals surface area contributed by atoms with Crippen LogP contribution in [-0.2, 0) is 19.4 Å². The lowest BCUT2D eigenvalue weighted by molar-refractivity contribution is -0.150. The number of carbonyl (C=O) groups excluding carboxylic acids is 1. The van der Waals surface area contributed by atoms with Crippen molar-refractivity contribution >= 4 is 15.8 Å². The summed E-state index contributed by atoms with van der Waals surface area (Å²) in [4.78, 5) is 12.0. The van der Waals surface area contributed by atoms with Crippen molar-refractivity contribution in [3.63, 3.8) is 0 Å². The second-order valence-electron chi connectivity index (χ2n) is 6.01. The fraction of sp³-hybridized carbons (Fsp3) is 0.588. The van der Waals surface area contributed by atoms with E-state index in [4.69, 9.17) is 4.74 Å². The van der Waals surface area contributed by atoms with Crippen LogP contribution in [0.4, 0.5) is 0 Å². The summed E-state index contributed by atoms with van der Waals surface area (Å²) in [6, 6.07) is 6.96. The van der Waals surface area contributed by atoms with Crippen LogP contribution in [0.3, 0.4) is 0 Å². The Hall–Kier alpha value is -1.36. The Morgan fingerprint density at radius 3 is 2.55 bits per heavy atom. The molecule has 0 heterocycles. The summed E-state index contributed by atoms with van der Waals surface area (Å²) in [5, 5.41) is -0.455. The second-order valence-corrected chi connectivity index (χ2v) is 8.24. The minimum absolute atomic E-state index is 0.221. The van der Waals surface area contributed by atoms with Gasteiger partial charge in [0.2, 0.25) is 0 Å². The lowest BCUT2D eigenvalue weighted by Crippen LogP contribution is -2.33. The molecule has 0 aliphatic heterocycles. The summed E-state index contributed by atoms with van der Waals surface area (Å²) >= 11 is 0. The third-order valence-electron chi connectivity index (χ3n) is 4.12. The highest BCUT2D eigenvalue weighted by atomic mass is 32.2. The van der Waals surface area contributed by atoms with Gasteiger partial charge in [-0.2, -0.15) is 0 Å². The van der Waals surface area contributed by atoms with E-state index in [1.807, 2.05) is 26.0 Å². The van der Waals surface area contributed by atoms with Crippen LogP contribution >= 0.6 is 0 Å². The molecule has 1 aromatic rings. The third kappa shape index (κ3) is 4.09. The molecular formula is C17H24O4S. The summed E-state index contributed by atoms with van der Waals surface area (Å²) < 4.78 is 30.8. The Morgan fingerprint density at radius 1 is 1.23 bits per heavy atom. The van der Waals surface area contributed by atoms with E-state index >= 15 is 0 Å².